The number of benzene rings is 2. The van der Waals surface area contributed by atoms with E-state index in [4.69, 9.17) is 0 Å². The molecule has 0 saturated heterocycles. The molecular weight excluding hydrogens is 312 g/mol. The number of hydrogen-bond acceptors (Lipinski definition) is 3. The van der Waals surface area contributed by atoms with Gasteiger partial charge in [-0.2, -0.15) is 0 Å². The number of carbonyl (C=O) groups excluding carboxylic acids is 1. The van der Waals surface area contributed by atoms with Gasteiger partial charge in [0.15, 0.2) is 0 Å². The lowest BCUT2D eigenvalue weighted by molar-refractivity contribution is 0.0946. The number of fused-ring (bicyclic) bond motifs is 1. The smallest absolute Gasteiger partial charge is 0.255 e. The highest BCUT2D eigenvalue weighted by Crippen LogP contribution is 2.22. The summed E-state index contributed by atoms with van der Waals surface area (Å²) in [6.07, 6.45) is 1.01. The Morgan fingerprint density at radius 3 is 2.91 bits per heavy atom. The first-order valence-electron chi connectivity index (χ1n) is 7.54. The lowest BCUT2D eigenvalue weighted by Crippen LogP contribution is -2.38. The van der Waals surface area contributed by atoms with E-state index in [0.29, 0.717) is 12.1 Å². The van der Waals surface area contributed by atoms with Gasteiger partial charge >= 0.3 is 0 Å². The van der Waals surface area contributed by atoms with Crippen LogP contribution in [0.3, 0.4) is 0 Å². The summed E-state index contributed by atoms with van der Waals surface area (Å²) in [5.41, 5.74) is 3.84. The van der Waals surface area contributed by atoms with Crippen molar-refractivity contribution < 1.29 is 9.90 Å². The van der Waals surface area contributed by atoms with Crippen LogP contribution in [0.5, 0.6) is 5.75 Å². The predicted molar refractivity (Wildman–Crippen MR) is 93.3 cm³/mol. The van der Waals surface area contributed by atoms with Gasteiger partial charge in [0.2, 0.25) is 0 Å². The Bertz CT molecular complexity index is 703. The number of hydrogen-bond donors (Lipinski definition) is 3. The summed E-state index contributed by atoms with van der Waals surface area (Å²) in [5, 5.41) is 16.2. The summed E-state index contributed by atoms with van der Waals surface area (Å²) >= 11 is 0. The number of aryl methyl sites for hydroxylation is 1. The zero-order valence-electron chi connectivity index (χ0n) is 13.0. The number of carbonyl (C=O) groups is 1. The number of amides is 1. The van der Waals surface area contributed by atoms with Crippen LogP contribution in [0.2, 0.25) is 0 Å². The standard InChI is InChI=1S/C18H20N2O2.ClH/c1-12-6-7-17(21)15(10-12)18(22)20-11-16-14-5-3-2-4-13(14)8-9-19-16;/h2-7,10,16,19,21H,8-9,11H2,1H3,(H,20,22);1H. The van der Waals surface area contributed by atoms with Crippen LogP contribution in [-0.4, -0.2) is 24.1 Å². The van der Waals surface area contributed by atoms with Gasteiger partial charge in [0.25, 0.3) is 5.91 Å². The molecular formula is C18H21ClN2O2. The summed E-state index contributed by atoms with van der Waals surface area (Å²) in [4.78, 5) is 12.3. The first-order chi connectivity index (χ1) is 10.6. The SMILES string of the molecule is Cc1ccc(O)c(C(=O)NCC2NCCc3ccccc32)c1.Cl. The van der Waals surface area contributed by atoms with Crippen LogP contribution in [-0.2, 0) is 6.42 Å². The molecule has 1 amide bonds. The zero-order chi connectivity index (χ0) is 15.5. The van der Waals surface area contributed by atoms with Crippen LogP contribution in [0.4, 0.5) is 0 Å². The molecule has 0 aliphatic carbocycles. The molecule has 3 N–H and O–H groups in total. The van der Waals surface area contributed by atoms with E-state index >= 15 is 0 Å². The van der Waals surface area contributed by atoms with Gasteiger partial charge in [0.1, 0.15) is 5.75 Å². The molecule has 0 saturated carbocycles. The minimum atomic E-state index is -0.244. The summed E-state index contributed by atoms with van der Waals surface area (Å²) in [7, 11) is 0. The molecule has 1 aliphatic rings. The molecule has 4 nitrogen and oxygen atoms in total. The monoisotopic (exact) mass is 332 g/mol. The molecule has 1 unspecified atom stereocenters. The van der Waals surface area contributed by atoms with Gasteiger partial charge in [0, 0.05) is 12.6 Å². The second kappa shape index (κ2) is 7.49. The van der Waals surface area contributed by atoms with Gasteiger partial charge in [0.05, 0.1) is 5.56 Å². The van der Waals surface area contributed by atoms with Crippen LogP contribution in [0.25, 0.3) is 0 Å². The first-order valence-corrected chi connectivity index (χ1v) is 7.54. The van der Waals surface area contributed by atoms with Crippen molar-refractivity contribution in [1.29, 1.82) is 0 Å². The van der Waals surface area contributed by atoms with Gasteiger partial charge in [-0.3, -0.25) is 4.79 Å². The Labute approximate surface area is 142 Å². The molecule has 1 aliphatic heterocycles. The van der Waals surface area contributed by atoms with Crippen LogP contribution in [0.15, 0.2) is 42.5 Å². The van der Waals surface area contributed by atoms with Crippen LogP contribution in [0.1, 0.15) is 33.1 Å². The molecule has 3 rings (SSSR count). The molecule has 2 aromatic carbocycles. The van der Waals surface area contributed by atoms with E-state index in [2.05, 4.69) is 22.8 Å². The quantitative estimate of drug-likeness (QED) is 0.810. The third-order valence-corrected chi connectivity index (χ3v) is 4.08. The molecule has 0 fully saturated rings. The molecule has 0 aromatic heterocycles. The molecule has 0 spiro atoms. The van der Waals surface area contributed by atoms with E-state index in [1.807, 2.05) is 19.1 Å². The molecule has 2 aromatic rings. The number of nitrogens with one attached hydrogen (secondary N) is 2. The van der Waals surface area contributed by atoms with E-state index in [9.17, 15) is 9.90 Å². The van der Waals surface area contributed by atoms with Crippen LogP contribution in [0, 0.1) is 6.92 Å². The number of phenols is 1. The third kappa shape index (κ3) is 3.84. The molecule has 23 heavy (non-hydrogen) atoms. The summed E-state index contributed by atoms with van der Waals surface area (Å²) in [6, 6.07) is 13.5. The minimum Gasteiger partial charge on any atom is -0.507 e. The molecule has 1 atom stereocenters. The molecule has 122 valence electrons. The lowest BCUT2D eigenvalue weighted by atomic mass is 9.94. The molecule has 1 heterocycles. The lowest BCUT2D eigenvalue weighted by Gasteiger charge is -2.27. The maximum atomic E-state index is 12.3. The van der Waals surface area contributed by atoms with E-state index < -0.39 is 0 Å². The fourth-order valence-electron chi connectivity index (χ4n) is 2.90. The largest absolute Gasteiger partial charge is 0.507 e. The van der Waals surface area contributed by atoms with Gasteiger partial charge in [-0.1, -0.05) is 35.9 Å². The van der Waals surface area contributed by atoms with Crippen molar-refractivity contribution in [2.75, 3.05) is 13.1 Å². The Morgan fingerprint density at radius 1 is 1.30 bits per heavy atom. The fraction of sp³-hybridized carbons (Fsp3) is 0.278. The first kappa shape index (κ1) is 17.3. The Morgan fingerprint density at radius 2 is 2.09 bits per heavy atom. The highest BCUT2D eigenvalue weighted by molar-refractivity contribution is 5.97. The van der Waals surface area contributed by atoms with Gasteiger partial charge in [-0.15, -0.1) is 12.4 Å². The summed E-state index contributed by atoms with van der Waals surface area (Å²) < 4.78 is 0. The van der Waals surface area contributed by atoms with E-state index in [0.717, 1.165) is 18.5 Å². The minimum absolute atomic E-state index is 0. The topological polar surface area (TPSA) is 61.4 Å². The van der Waals surface area contributed by atoms with E-state index in [1.54, 1.807) is 18.2 Å². The zero-order valence-corrected chi connectivity index (χ0v) is 13.8. The maximum absolute atomic E-state index is 12.3. The fourth-order valence-corrected chi connectivity index (χ4v) is 2.90. The third-order valence-electron chi connectivity index (χ3n) is 4.08. The van der Waals surface area contributed by atoms with Gasteiger partial charge < -0.3 is 15.7 Å². The van der Waals surface area contributed by atoms with Crippen molar-refractivity contribution in [3.8, 4) is 5.75 Å². The second-order valence-electron chi connectivity index (χ2n) is 5.69. The van der Waals surface area contributed by atoms with Crippen molar-refractivity contribution in [3.63, 3.8) is 0 Å². The van der Waals surface area contributed by atoms with Crippen molar-refractivity contribution >= 4 is 18.3 Å². The van der Waals surface area contributed by atoms with Gasteiger partial charge in [-0.25, -0.2) is 0 Å². The van der Waals surface area contributed by atoms with Crippen molar-refractivity contribution in [2.24, 2.45) is 0 Å². The molecule has 0 radical (unpaired) electrons. The van der Waals surface area contributed by atoms with Crippen LogP contribution < -0.4 is 10.6 Å². The predicted octanol–water partition coefficient (Wildman–Crippen LogP) is 2.74. The van der Waals surface area contributed by atoms with E-state index in [1.165, 1.54) is 11.1 Å². The van der Waals surface area contributed by atoms with Crippen LogP contribution >= 0.6 is 12.4 Å². The van der Waals surface area contributed by atoms with Crippen molar-refractivity contribution in [1.82, 2.24) is 10.6 Å². The average molecular weight is 333 g/mol. The Hall–Kier alpha value is -2.04. The number of rotatable bonds is 3. The molecule has 0 bridgehead atoms. The maximum Gasteiger partial charge on any atom is 0.255 e. The normalized spacial score (nSPS) is 16.1. The Balaban J connectivity index is 0.00000192. The molecule has 5 heteroatoms. The van der Waals surface area contributed by atoms with Crippen molar-refractivity contribution in [2.45, 2.75) is 19.4 Å². The van der Waals surface area contributed by atoms with E-state index in [-0.39, 0.29) is 30.1 Å². The highest BCUT2D eigenvalue weighted by atomic mass is 35.5. The number of aromatic hydroxyl groups is 1. The highest BCUT2D eigenvalue weighted by Gasteiger charge is 2.20. The second-order valence-corrected chi connectivity index (χ2v) is 5.69. The van der Waals surface area contributed by atoms with Crippen molar-refractivity contribution in [3.05, 3.63) is 64.7 Å². The summed E-state index contributed by atoms with van der Waals surface area (Å²) in [6.45, 7) is 3.31. The van der Waals surface area contributed by atoms with Gasteiger partial charge in [-0.05, 0) is 43.1 Å². The summed E-state index contributed by atoms with van der Waals surface area (Å²) in [5.74, 6) is -0.230. The number of halogens is 1. The average Bonchev–Trinajstić information content (AvgIpc) is 2.54. The number of phenolic OH excluding ortho intramolecular Hbond substituents is 1. The Kier molecular flexibility index (Phi) is 5.64.